The van der Waals surface area contributed by atoms with E-state index in [1.54, 1.807) is 23.5 Å². The second kappa shape index (κ2) is 7.84. The SMILES string of the molecule is Cc1ccc2cc3c(c(-c4ccccc4)c2c1)C(c1ccccc1)C(=C1SC=CS1)C3=O. The number of benzene rings is 4. The molecule has 1 unspecified atom stereocenters. The zero-order chi connectivity index (χ0) is 21.7. The van der Waals surface area contributed by atoms with Crippen LogP contribution >= 0.6 is 23.5 Å². The summed E-state index contributed by atoms with van der Waals surface area (Å²) in [5.41, 5.74) is 7.62. The van der Waals surface area contributed by atoms with Gasteiger partial charge in [-0.05, 0) is 56.8 Å². The molecule has 3 heteroatoms. The van der Waals surface area contributed by atoms with Crippen LogP contribution in [0.2, 0.25) is 0 Å². The third-order valence-corrected chi connectivity index (χ3v) is 8.39. The smallest absolute Gasteiger partial charge is 0.192 e. The van der Waals surface area contributed by atoms with Crippen molar-refractivity contribution in [2.24, 2.45) is 0 Å². The normalized spacial score (nSPS) is 17.4. The Bertz CT molecular complexity index is 1420. The lowest BCUT2D eigenvalue weighted by atomic mass is 9.83. The number of hydrogen-bond acceptors (Lipinski definition) is 3. The van der Waals surface area contributed by atoms with E-state index in [0.717, 1.165) is 31.9 Å². The van der Waals surface area contributed by atoms with Gasteiger partial charge in [0.25, 0.3) is 0 Å². The number of hydrogen-bond donors (Lipinski definition) is 0. The van der Waals surface area contributed by atoms with Gasteiger partial charge >= 0.3 is 0 Å². The number of fused-ring (bicyclic) bond motifs is 2. The average Bonchev–Trinajstić information content (AvgIpc) is 3.45. The number of ketones is 1. The highest BCUT2D eigenvalue weighted by Crippen LogP contribution is 2.54. The van der Waals surface area contributed by atoms with Gasteiger partial charge in [0.15, 0.2) is 5.78 Å². The second-order valence-electron chi connectivity index (χ2n) is 8.19. The summed E-state index contributed by atoms with van der Waals surface area (Å²) in [6.45, 7) is 2.13. The number of carbonyl (C=O) groups excluding carboxylic acids is 1. The van der Waals surface area contributed by atoms with Crippen LogP contribution in [0.15, 0.2) is 106 Å². The molecule has 32 heavy (non-hydrogen) atoms. The molecule has 0 fully saturated rings. The van der Waals surface area contributed by atoms with E-state index in [-0.39, 0.29) is 11.7 Å². The fourth-order valence-corrected chi connectivity index (χ4v) is 6.80. The third kappa shape index (κ3) is 3.08. The first-order chi connectivity index (χ1) is 15.7. The third-order valence-electron chi connectivity index (χ3n) is 6.23. The summed E-state index contributed by atoms with van der Waals surface area (Å²) in [6.07, 6.45) is 0. The van der Waals surface area contributed by atoms with Crippen molar-refractivity contribution in [3.8, 4) is 11.1 Å². The molecule has 1 heterocycles. The van der Waals surface area contributed by atoms with E-state index in [1.807, 2.05) is 12.1 Å². The van der Waals surface area contributed by atoms with Crippen LogP contribution in [0.4, 0.5) is 0 Å². The maximum absolute atomic E-state index is 13.9. The van der Waals surface area contributed by atoms with Crippen molar-refractivity contribution in [2.45, 2.75) is 12.8 Å². The van der Waals surface area contributed by atoms with Gasteiger partial charge in [-0.15, -0.1) is 0 Å². The second-order valence-corrected chi connectivity index (χ2v) is 10.3. The Kier molecular flexibility index (Phi) is 4.82. The van der Waals surface area contributed by atoms with Crippen molar-refractivity contribution in [1.29, 1.82) is 0 Å². The van der Waals surface area contributed by atoms with Crippen molar-refractivity contribution in [3.63, 3.8) is 0 Å². The quantitative estimate of drug-likeness (QED) is 0.287. The molecule has 6 rings (SSSR count). The molecule has 0 spiro atoms. The molecule has 0 bridgehead atoms. The number of Topliss-reactive ketones (excluding diaryl/α,β-unsaturated/α-hetero) is 1. The number of rotatable bonds is 2. The van der Waals surface area contributed by atoms with Gasteiger partial charge in [-0.3, -0.25) is 4.79 Å². The molecule has 1 aliphatic heterocycles. The van der Waals surface area contributed by atoms with E-state index in [0.29, 0.717) is 0 Å². The van der Waals surface area contributed by atoms with Crippen LogP contribution in [0.3, 0.4) is 0 Å². The molecule has 0 saturated heterocycles. The Morgan fingerprint density at radius 2 is 1.47 bits per heavy atom. The molecule has 2 aliphatic rings. The number of thioether (sulfide) groups is 2. The molecular weight excluding hydrogens is 428 g/mol. The average molecular weight is 449 g/mol. The molecule has 154 valence electrons. The molecule has 1 atom stereocenters. The van der Waals surface area contributed by atoms with Crippen molar-refractivity contribution in [1.82, 2.24) is 0 Å². The highest BCUT2D eigenvalue weighted by molar-refractivity contribution is 8.27. The van der Waals surface area contributed by atoms with Gasteiger partial charge in [0.05, 0.1) is 4.24 Å². The van der Waals surface area contributed by atoms with Gasteiger partial charge < -0.3 is 0 Å². The molecule has 0 radical (unpaired) electrons. The molecule has 0 amide bonds. The van der Waals surface area contributed by atoms with Crippen molar-refractivity contribution in [2.75, 3.05) is 0 Å². The minimum absolute atomic E-state index is 0.0753. The van der Waals surface area contributed by atoms with Crippen LogP contribution in [-0.2, 0) is 0 Å². The molecule has 0 N–H and O–H groups in total. The van der Waals surface area contributed by atoms with Crippen LogP contribution in [0.25, 0.3) is 21.9 Å². The first-order valence-corrected chi connectivity index (χ1v) is 12.4. The van der Waals surface area contributed by atoms with Crippen LogP contribution in [0.5, 0.6) is 0 Å². The molecular formula is C29H20OS2. The number of carbonyl (C=O) groups is 1. The van der Waals surface area contributed by atoms with Crippen LogP contribution in [0.1, 0.15) is 33.0 Å². The summed E-state index contributed by atoms with van der Waals surface area (Å²) < 4.78 is 1.10. The Balaban J connectivity index is 1.76. The maximum atomic E-state index is 13.9. The van der Waals surface area contributed by atoms with Crippen molar-refractivity contribution < 1.29 is 4.79 Å². The van der Waals surface area contributed by atoms with Gasteiger partial charge in [0.2, 0.25) is 0 Å². The number of aryl methyl sites for hydroxylation is 1. The standard InChI is InChI=1S/C29H20OS2/c1-18-12-13-21-17-23-26(24(22(21)16-18)19-8-4-2-5-9-19)25(20-10-6-3-7-11-20)27(28(23)30)29-31-14-15-32-29/h2-17,25H,1H3. The summed E-state index contributed by atoms with van der Waals surface area (Å²) in [4.78, 5) is 13.9. The van der Waals surface area contributed by atoms with E-state index in [4.69, 9.17) is 0 Å². The Labute approximate surface area is 196 Å². The molecule has 4 aromatic carbocycles. The van der Waals surface area contributed by atoms with Crippen molar-refractivity contribution in [3.05, 3.63) is 128 Å². The first-order valence-electron chi connectivity index (χ1n) is 10.7. The lowest BCUT2D eigenvalue weighted by Gasteiger charge is -2.20. The van der Waals surface area contributed by atoms with Gasteiger partial charge in [0.1, 0.15) is 0 Å². The molecule has 4 aromatic rings. The Morgan fingerprint density at radius 3 is 2.19 bits per heavy atom. The van der Waals surface area contributed by atoms with Gasteiger partial charge in [-0.25, -0.2) is 0 Å². The Hall–Kier alpha value is -3.01. The van der Waals surface area contributed by atoms with Crippen molar-refractivity contribution >= 4 is 40.1 Å². The van der Waals surface area contributed by atoms with Crippen LogP contribution in [-0.4, -0.2) is 5.78 Å². The zero-order valence-corrected chi connectivity index (χ0v) is 19.2. The molecule has 1 nitrogen and oxygen atoms in total. The highest BCUT2D eigenvalue weighted by Gasteiger charge is 2.41. The largest absolute Gasteiger partial charge is 0.289 e. The van der Waals surface area contributed by atoms with E-state index in [1.165, 1.54) is 22.1 Å². The lowest BCUT2D eigenvalue weighted by Crippen LogP contribution is -2.04. The summed E-state index contributed by atoms with van der Waals surface area (Å²) in [6, 6.07) is 29.7. The van der Waals surface area contributed by atoms with Crippen LogP contribution < -0.4 is 0 Å². The topological polar surface area (TPSA) is 17.1 Å². The molecule has 1 aliphatic carbocycles. The van der Waals surface area contributed by atoms with E-state index in [9.17, 15) is 4.79 Å². The van der Waals surface area contributed by atoms with Gasteiger partial charge in [0, 0.05) is 17.1 Å². The predicted octanol–water partition coefficient (Wildman–Crippen LogP) is 8.31. The van der Waals surface area contributed by atoms with E-state index < -0.39 is 0 Å². The predicted molar refractivity (Wildman–Crippen MR) is 138 cm³/mol. The fourth-order valence-electron chi connectivity index (χ4n) is 4.87. The Morgan fingerprint density at radius 1 is 0.781 bits per heavy atom. The zero-order valence-electron chi connectivity index (χ0n) is 17.5. The summed E-state index contributed by atoms with van der Waals surface area (Å²) >= 11 is 3.32. The molecule has 0 saturated carbocycles. The summed E-state index contributed by atoms with van der Waals surface area (Å²) in [5.74, 6) is 0.0842. The monoisotopic (exact) mass is 448 g/mol. The van der Waals surface area contributed by atoms with E-state index >= 15 is 0 Å². The summed E-state index contributed by atoms with van der Waals surface area (Å²) in [7, 11) is 0. The summed E-state index contributed by atoms with van der Waals surface area (Å²) in [5, 5.41) is 6.47. The molecule has 0 aromatic heterocycles. The van der Waals surface area contributed by atoms with Gasteiger partial charge in [-0.1, -0.05) is 108 Å². The lowest BCUT2D eigenvalue weighted by molar-refractivity contribution is 0.103. The first kappa shape index (κ1) is 19.7. The van der Waals surface area contributed by atoms with E-state index in [2.05, 4.69) is 90.5 Å². The van der Waals surface area contributed by atoms with Gasteiger partial charge in [-0.2, -0.15) is 0 Å². The number of allylic oxidation sites excluding steroid dienone is 1. The minimum Gasteiger partial charge on any atom is -0.289 e. The van der Waals surface area contributed by atoms with Crippen LogP contribution in [0, 0.1) is 6.92 Å². The maximum Gasteiger partial charge on any atom is 0.192 e. The fraction of sp³-hybridized carbons (Fsp3) is 0.0690. The minimum atomic E-state index is -0.0753. The highest BCUT2D eigenvalue weighted by atomic mass is 32.2.